The van der Waals surface area contributed by atoms with E-state index in [2.05, 4.69) is 10.3 Å². The third kappa shape index (κ3) is 5.39. The highest BCUT2D eigenvalue weighted by molar-refractivity contribution is 7.89. The lowest BCUT2D eigenvalue weighted by Gasteiger charge is -2.27. The van der Waals surface area contributed by atoms with Crippen molar-refractivity contribution in [1.29, 1.82) is 0 Å². The second-order valence-electron chi connectivity index (χ2n) is 8.21. The first kappa shape index (κ1) is 25.7. The van der Waals surface area contributed by atoms with Gasteiger partial charge in [0.25, 0.3) is 11.6 Å². The molecule has 0 aliphatic carbocycles. The van der Waals surface area contributed by atoms with Gasteiger partial charge in [-0.25, -0.2) is 12.8 Å². The fraction of sp³-hybridized carbons (Fsp3) is 0.120. The van der Waals surface area contributed by atoms with Crippen LogP contribution in [0, 0.1) is 15.9 Å². The average molecular weight is 524 g/mol. The lowest BCUT2D eigenvalue weighted by molar-refractivity contribution is -0.384. The fourth-order valence-electron chi connectivity index (χ4n) is 3.92. The van der Waals surface area contributed by atoms with Crippen molar-refractivity contribution in [1.82, 2.24) is 9.29 Å². The van der Waals surface area contributed by atoms with Crippen molar-refractivity contribution in [2.75, 3.05) is 18.9 Å². The maximum absolute atomic E-state index is 14.1. The zero-order chi connectivity index (χ0) is 26.7. The van der Waals surface area contributed by atoms with E-state index in [-0.39, 0.29) is 22.7 Å². The molecule has 1 heterocycles. The van der Waals surface area contributed by atoms with Crippen molar-refractivity contribution in [3.05, 3.63) is 106 Å². The molecule has 37 heavy (non-hydrogen) atoms. The number of likely N-dealkylation sites (N-methyl/N-ethyl adjacent to an activating group) is 1. The van der Waals surface area contributed by atoms with Crippen LogP contribution < -0.4 is 11.1 Å². The van der Waals surface area contributed by atoms with Crippen molar-refractivity contribution in [2.45, 2.75) is 10.9 Å². The zero-order valence-electron chi connectivity index (χ0n) is 19.5. The molecule has 3 aromatic carbocycles. The molecular formula is C25H22FN5O5S. The number of benzene rings is 3. The van der Waals surface area contributed by atoms with Crippen LogP contribution >= 0.6 is 0 Å². The number of pyridine rings is 1. The number of nitro benzene ring substituents is 1. The molecule has 0 spiro atoms. The summed E-state index contributed by atoms with van der Waals surface area (Å²) >= 11 is 0. The fourth-order valence-corrected chi connectivity index (χ4v) is 5.10. The number of sulfonamides is 1. The SMILES string of the molecule is CN(C[C@@H](Nc1ccc(C(N)=O)c2ncccc12)c1cccc(F)c1)S(=O)(=O)c1ccc([N+](=O)[O-])cc1. The molecule has 10 nitrogen and oxygen atoms in total. The number of aromatic nitrogens is 1. The minimum Gasteiger partial charge on any atom is -0.376 e. The van der Waals surface area contributed by atoms with Crippen molar-refractivity contribution in [3.8, 4) is 0 Å². The van der Waals surface area contributed by atoms with Crippen molar-refractivity contribution >= 4 is 38.2 Å². The van der Waals surface area contributed by atoms with Crippen LogP contribution in [-0.4, -0.2) is 42.1 Å². The number of fused-ring (bicyclic) bond motifs is 1. The molecule has 3 N–H and O–H groups in total. The number of anilines is 1. The molecule has 0 fully saturated rings. The minimum absolute atomic E-state index is 0.123. The Bertz CT molecular complexity index is 1600. The van der Waals surface area contributed by atoms with E-state index in [0.29, 0.717) is 22.2 Å². The van der Waals surface area contributed by atoms with Gasteiger partial charge in [0.15, 0.2) is 0 Å². The van der Waals surface area contributed by atoms with Gasteiger partial charge in [0.2, 0.25) is 10.0 Å². The number of hydrogen-bond donors (Lipinski definition) is 2. The lowest BCUT2D eigenvalue weighted by atomic mass is 10.0. The Balaban J connectivity index is 1.71. The average Bonchev–Trinajstić information content (AvgIpc) is 2.88. The third-order valence-electron chi connectivity index (χ3n) is 5.81. The van der Waals surface area contributed by atoms with E-state index in [4.69, 9.17) is 5.73 Å². The number of carbonyl (C=O) groups is 1. The molecule has 12 heteroatoms. The van der Waals surface area contributed by atoms with Gasteiger partial charge in [-0.05, 0) is 54.1 Å². The summed E-state index contributed by atoms with van der Waals surface area (Å²) in [4.78, 5) is 26.3. The number of amides is 1. The third-order valence-corrected chi connectivity index (χ3v) is 7.65. The van der Waals surface area contributed by atoms with Gasteiger partial charge in [0.1, 0.15) is 5.82 Å². The van der Waals surface area contributed by atoms with Gasteiger partial charge in [-0.1, -0.05) is 12.1 Å². The van der Waals surface area contributed by atoms with E-state index in [1.165, 1.54) is 37.5 Å². The number of carbonyl (C=O) groups excluding carboxylic acids is 1. The smallest absolute Gasteiger partial charge is 0.269 e. The summed E-state index contributed by atoms with van der Waals surface area (Å²) in [5.74, 6) is -1.15. The number of nitro groups is 1. The summed E-state index contributed by atoms with van der Waals surface area (Å²) in [6.45, 7) is -0.123. The molecule has 0 saturated carbocycles. The summed E-state index contributed by atoms with van der Waals surface area (Å²) in [5, 5.41) is 14.8. The number of non-ortho nitro benzene ring substituents is 1. The van der Waals surface area contributed by atoms with Gasteiger partial charge < -0.3 is 11.1 Å². The van der Waals surface area contributed by atoms with E-state index in [0.717, 1.165) is 28.6 Å². The van der Waals surface area contributed by atoms with Crippen molar-refractivity contribution in [2.24, 2.45) is 5.73 Å². The molecule has 0 aliphatic heterocycles. The molecule has 0 radical (unpaired) electrons. The molecule has 4 rings (SSSR count). The monoisotopic (exact) mass is 523 g/mol. The van der Waals surface area contributed by atoms with Crippen LogP contribution in [0.3, 0.4) is 0 Å². The zero-order valence-corrected chi connectivity index (χ0v) is 20.4. The summed E-state index contributed by atoms with van der Waals surface area (Å²) in [6.07, 6.45) is 1.52. The first-order chi connectivity index (χ1) is 17.6. The highest BCUT2D eigenvalue weighted by Gasteiger charge is 2.26. The summed E-state index contributed by atoms with van der Waals surface area (Å²) in [6, 6.07) is 16.1. The second-order valence-corrected chi connectivity index (χ2v) is 10.3. The van der Waals surface area contributed by atoms with Crippen LogP contribution in [0.2, 0.25) is 0 Å². The van der Waals surface area contributed by atoms with E-state index in [1.54, 1.807) is 24.3 Å². The van der Waals surface area contributed by atoms with Gasteiger partial charge in [-0.15, -0.1) is 0 Å². The first-order valence-electron chi connectivity index (χ1n) is 11.0. The Morgan fingerprint density at radius 2 is 1.86 bits per heavy atom. The molecule has 1 amide bonds. The summed E-state index contributed by atoms with van der Waals surface area (Å²) < 4.78 is 41.7. The Hall–Kier alpha value is -4.42. The van der Waals surface area contributed by atoms with Gasteiger partial charge in [0, 0.05) is 43.0 Å². The maximum Gasteiger partial charge on any atom is 0.269 e. The topological polar surface area (TPSA) is 149 Å². The quantitative estimate of drug-likeness (QED) is 0.250. The van der Waals surface area contributed by atoms with Crippen LogP contribution in [0.4, 0.5) is 15.8 Å². The number of nitrogens with two attached hydrogens (primary N) is 1. The highest BCUT2D eigenvalue weighted by atomic mass is 32.2. The first-order valence-corrected chi connectivity index (χ1v) is 12.4. The van der Waals surface area contributed by atoms with E-state index in [1.807, 2.05) is 0 Å². The molecule has 4 aromatic rings. The Kier molecular flexibility index (Phi) is 7.14. The lowest BCUT2D eigenvalue weighted by Crippen LogP contribution is -2.33. The standard InChI is InChI=1S/C25H22FN5O5S/c1-30(37(35,36)19-9-7-18(8-10-19)31(33)34)15-23(16-4-2-5-17(26)14-16)29-22-12-11-21(25(27)32)24-20(22)6-3-13-28-24/h2-14,23,29H,15H2,1H3,(H2,27,32)/t23-/m1/s1. The van der Waals surface area contributed by atoms with Crippen LogP contribution in [0.15, 0.2) is 83.9 Å². The molecule has 0 unspecified atom stereocenters. The molecule has 190 valence electrons. The number of primary amides is 1. The molecular weight excluding hydrogens is 501 g/mol. The molecule has 0 bridgehead atoms. The molecule has 0 aliphatic rings. The predicted molar refractivity (Wildman–Crippen MR) is 136 cm³/mol. The number of rotatable bonds is 9. The predicted octanol–water partition coefficient (Wildman–Crippen LogP) is 3.85. The van der Waals surface area contributed by atoms with Gasteiger partial charge in [-0.3, -0.25) is 19.9 Å². The van der Waals surface area contributed by atoms with Crippen LogP contribution in [0.1, 0.15) is 22.0 Å². The molecule has 1 aromatic heterocycles. The summed E-state index contributed by atoms with van der Waals surface area (Å²) in [7, 11) is -2.68. The van der Waals surface area contributed by atoms with E-state index < -0.39 is 32.7 Å². The second kappa shape index (κ2) is 10.3. The minimum atomic E-state index is -4.04. The van der Waals surface area contributed by atoms with Gasteiger partial charge >= 0.3 is 0 Å². The van der Waals surface area contributed by atoms with Crippen LogP contribution in [0.5, 0.6) is 0 Å². The number of hydrogen-bond acceptors (Lipinski definition) is 7. The maximum atomic E-state index is 14.1. The number of nitrogens with zero attached hydrogens (tertiary/aromatic N) is 3. The Labute approximate surface area is 211 Å². The Morgan fingerprint density at radius 1 is 1.14 bits per heavy atom. The number of nitrogens with one attached hydrogen (secondary N) is 1. The normalized spacial score (nSPS) is 12.4. The van der Waals surface area contributed by atoms with Crippen LogP contribution in [-0.2, 0) is 10.0 Å². The highest BCUT2D eigenvalue weighted by Crippen LogP contribution is 2.30. The van der Waals surface area contributed by atoms with Crippen molar-refractivity contribution in [3.63, 3.8) is 0 Å². The van der Waals surface area contributed by atoms with Crippen LogP contribution in [0.25, 0.3) is 10.9 Å². The van der Waals surface area contributed by atoms with Crippen molar-refractivity contribution < 1.29 is 22.5 Å². The molecule has 1 atom stereocenters. The number of halogens is 1. The van der Waals surface area contributed by atoms with Gasteiger partial charge in [-0.2, -0.15) is 4.31 Å². The molecule has 0 saturated heterocycles. The van der Waals surface area contributed by atoms with Gasteiger partial charge in [0.05, 0.1) is 26.9 Å². The summed E-state index contributed by atoms with van der Waals surface area (Å²) in [5.41, 5.74) is 6.84. The Morgan fingerprint density at radius 3 is 2.51 bits per heavy atom. The largest absolute Gasteiger partial charge is 0.376 e. The van der Waals surface area contributed by atoms with E-state index >= 15 is 0 Å². The van der Waals surface area contributed by atoms with E-state index in [9.17, 15) is 27.7 Å².